The highest BCUT2D eigenvalue weighted by Gasteiger charge is 2.31. The molecule has 3 heterocycles. The minimum Gasteiger partial charge on any atom is -0.322 e. The number of nitrogens with one attached hydrogen (secondary N) is 1. The Hall–Kier alpha value is -4.95. The minimum absolute atomic E-state index is 0.165. The predicted octanol–water partition coefficient (Wildman–Crippen LogP) is 5.06. The molecule has 1 atom stereocenters. The summed E-state index contributed by atoms with van der Waals surface area (Å²) in [5, 5.41) is 13.9. The van der Waals surface area contributed by atoms with Gasteiger partial charge in [-0.2, -0.15) is 0 Å². The Morgan fingerprint density at radius 1 is 0.850 bits per heavy atom. The first-order valence-electron chi connectivity index (χ1n) is 13.2. The molecule has 0 saturated carbocycles. The number of benzene rings is 3. The molecule has 198 valence electrons. The molecule has 0 aliphatic carbocycles. The van der Waals surface area contributed by atoms with Crippen LogP contribution in [-0.4, -0.2) is 35.1 Å². The molecule has 0 fully saturated rings. The van der Waals surface area contributed by atoms with Crippen LogP contribution in [0.15, 0.2) is 114 Å². The van der Waals surface area contributed by atoms with Gasteiger partial charge in [0.1, 0.15) is 6.04 Å². The average Bonchev–Trinajstić information content (AvgIpc) is 3.42. The maximum atomic E-state index is 13.8. The number of aromatic amines is 1. The highest BCUT2D eigenvalue weighted by Crippen LogP contribution is 2.30. The lowest BCUT2D eigenvalue weighted by Crippen LogP contribution is -2.35. The summed E-state index contributed by atoms with van der Waals surface area (Å²) < 4.78 is 1.79. The maximum Gasteiger partial charge on any atom is 0.253 e. The van der Waals surface area contributed by atoms with E-state index in [0.29, 0.717) is 31.0 Å². The molecule has 0 unspecified atom stereocenters. The topological polar surface area (TPSA) is 92.6 Å². The molecular formula is C32H29N7O. The van der Waals surface area contributed by atoms with Crippen LogP contribution in [0.2, 0.25) is 0 Å². The summed E-state index contributed by atoms with van der Waals surface area (Å²) in [4.78, 5) is 23.5. The van der Waals surface area contributed by atoms with Gasteiger partial charge < -0.3 is 4.98 Å². The van der Waals surface area contributed by atoms with E-state index in [-0.39, 0.29) is 5.56 Å². The van der Waals surface area contributed by atoms with E-state index in [0.717, 1.165) is 33.2 Å². The molecule has 0 radical (unpaired) electrons. The van der Waals surface area contributed by atoms with E-state index in [1.165, 1.54) is 0 Å². The van der Waals surface area contributed by atoms with Crippen LogP contribution < -0.4 is 5.56 Å². The molecule has 0 aliphatic heterocycles. The van der Waals surface area contributed by atoms with Crippen molar-refractivity contribution in [1.82, 2.24) is 35.1 Å². The van der Waals surface area contributed by atoms with E-state index < -0.39 is 6.04 Å². The number of aryl methyl sites for hydroxylation is 1. The van der Waals surface area contributed by atoms with Gasteiger partial charge in [-0.25, -0.2) is 4.68 Å². The largest absolute Gasteiger partial charge is 0.322 e. The van der Waals surface area contributed by atoms with Crippen LogP contribution >= 0.6 is 0 Å². The zero-order valence-corrected chi connectivity index (χ0v) is 22.2. The Morgan fingerprint density at radius 3 is 2.33 bits per heavy atom. The molecule has 8 nitrogen and oxygen atoms in total. The van der Waals surface area contributed by atoms with Crippen molar-refractivity contribution in [3.63, 3.8) is 0 Å². The highest BCUT2D eigenvalue weighted by atomic mass is 16.1. The molecular weight excluding hydrogens is 498 g/mol. The number of tetrazole rings is 1. The Labute approximate surface area is 232 Å². The number of pyridine rings is 2. The summed E-state index contributed by atoms with van der Waals surface area (Å²) in [5.41, 5.74) is 5.52. The third-order valence-corrected chi connectivity index (χ3v) is 7.01. The van der Waals surface area contributed by atoms with Gasteiger partial charge in [-0.1, -0.05) is 78.9 Å². The maximum absolute atomic E-state index is 13.8. The number of H-pyrrole nitrogens is 1. The van der Waals surface area contributed by atoms with Crippen LogP contribution in [0.3, 0.4) is 0 Å². The van der Waals surface area contributed by atoms with Gasteiger partial charge in [-0.3, -0.25) is 14.7 Å². The molecule has 0 bridgehead atoms. The van der Waals surface area contributed by atoms with Gasteiger partial charge in [-0.05, 0) is 63.2 Å². The lowest BCUT2D eigenvalue weighted by atomic mass is 10.0. The standard InChI is InChI=1S/C32H29N7O/c1-23-14-15-27-18-28(32(40)34-29(27)17-23)30(31-35-36-37-39(31)22-25-11-6-3-7-12-25)38(20-24-9-4-2-5-10-24)21-26-13-8-16-33-19-26/h2-19,30H,20-22H2,1H3,(H,34,40)/t30-/m1/s1. The molecule has 0 amide bonds. The summed E-state index contributed by atoms with van der Waals surface area (Å²) in [5.74, 6) is 0.598. The first kappa shape index (κ1) is 25.3. The van der Waals surface area contributed by atoms with Crippen molar-refractivity contribution in [2.45, 2.75) is 32.6 Å². The molecule has 6 aromatic rings. The number of hydrogen-bond donors (Lipinski definition) is 1. The van der Waals surface area contributed by atoms with Crippen LogP contribution in [0.4, 0.5) is 0 Å². The van der Waals surface area contributed by atoms with Crippen molar-refractivity contribution in [2.24, 2.45) is 0 Å². The molecule has 0 spiro atoms. The summed E-state index contributed by atoms with van der Waals surface area (Å²) >= 11 is 0. The Morgan fingerprint density at radius 2 is 1.57 bits per heavy atom. The second kappa shape index (κ2) is 11.4. The van der Waals surface area contributed by atoms with Crippen molar-refractivity contribution in [1.29, 1.82) is 0 Å². The quantitative estimate of drug-likeness (QED) is 0.283. The van der Waals surface area contributed by atoms with E-state index in [1.54, 1.807) is 10.9 Å². The van der Waals surface area contributed by atoms with E-state index in [9.17, 15) is 4.79 Å². The normalized spacial score (nSPS) is 12.2. The smallest absolute Gasteiger partial charge is 0.253 e. The minimum atomic E-state index is -0.534. The van der Waals surface area contributed by atoms with Gasteiger partial charge in [0.05, 0.1) is 6.54 Å². The van der Waals surface area contributed by atoms with Crippen molar-refractivity contribution < 1.29 is 0 Å². The molecule has 40 heavy (non-hydrogen) atoms. The van der Waals surface area contributed by atoms with Gasteiger partial charge in [0.25, 0.3) is 5.56 Å². The predicted molar refractivity (Wildman–Crippen MR) is 154 cm³/mol. The van der Waals surface area contributed by atoms with Crippen LogP contribution in [0.25, 0.3) is 10.9 Å². The summed E-state index contributed by atoms with van der Waals surface area (Å²) in [6, 6.07) is 31.8. The van der Waals surface area contributed by atoms with Crippen molar-refractivity contribution in [2.75, 3.05) is 0 Å². The number of nitrogens with zero attached hydrogens (tertiary/aromatic N) is 6. The number of rotatable bonds is 9. The third kappa shape index (κ3) is 5.57. The van der Waals surface area contributed by atoms with Gasteiger partial charge in [0.15, 0.2) is 5.82 Å². The molecule has 3 aromatic carbocycles. The summed E-state index contributed by atoms with van der Waals surface area (Å²) in [6.45, 7) is 3.61. The summed E-state index contributed by atoms with van der Waals surface area (Å²) in [6.07, 6.45) is 3.62. The van der Waals surface area contributed by atoms with Crippen molar-refractivity contribution in [3.05, 3.63) is 153 Å². The molecule has 3 aromatic heterocycles. The first-order valence-corrected chi connectivity index (χ1v) is 13.2. The average molecular weight is 528 g/mol. The fourth-order valence-electron chi connectivity index (χ4n) is 5.09. The fraction of sp³-hybridized carbons (Fsp3) is 0.156. The Bertz CT molecular complexity index is 1720. The molecule has 1 N–H and O–H groups in total. The van der Waals surface area contributed by atoms with Crippen LogP contribution in [-0.2, 0) is 19.6 Å². The van der Waals surface area contributed by atoms with Crippen LogP contribution in [0, 0.1) is 6.92 Å². The van der Waals surface area contributed by atoms with E-state index in [4.69, 9.17) is 0 Å². The monoisotopic (exact) mass is 527 g/mol. The van der Waals surface area contributed by atoms with Gasteiger partial charge >= 0.3 is 0 Å². The molecule has 0 aliphatic rings. The van der Waals surface area contributed by atoms with Crippen LogP contribution in [0.5, 0.6) is 0 Å². The van der Waals surface area contributed by atoms with Crippen LogP contribution in [0.1, 0.15) is 39.7 Å². The van der Waals surface area contributed by atoms with E-state index in [1.807, 2.05) is 92.0 Å². The SMILES string of the molecule is Cc1ccc2cc([C@H](c3nnnn3Cc3ccccc3)N(Cc3ccccc3)Cc3cccnc3)c(=O)[nH]c2c1. The van der Waals surface area contributed by atoms with Crippen molar-refractivity contribution >= 4 is 10.9 Å². The van der Waals surface area contributed by atoms with E-state index >= 15 is 0 Å². The van der Waals surface area contributed by atoms with Gasteiger partial charge in [0.2, 0.25) is 0 Å². The Balaban J connectivity index is 1.52. The lowest BCUT2D eigenvalue weighted by molar-refractivity contribution is 0.194. The fourth-order valence-corrected chi connectivity index (χ4v) is 5.09. The molecule has 8 heteroatoms. The zero-order valence-electron chi connectivity index (χ0n) is 22.2. The van der Waals surface area contributed by atoms with Crippen molar-refractivity contribution in [3.8, 4) is 0 Å². The number of fused-ring (bicyclic) bond motifs is 1. The number of aromatic nitrogens is 6. The van der Waals surface area contributed by atoms with Gasteiger partial charge in [0, 0.05) is 36.6 Å². The third-order valence-electron chi connectivity index (χ3n) is 7.01. The molecule has 6 rings (SSSR count). The zero-order chi connectivity index (χ0) is 27.3. The Kier molecular flexibility index (Phi) is 7.24. The second-order valence-electron chi connectivity index (χ2n) is 9.98. The lowest BCUT2D eigenvalue weighted by Gasteiger charge is -2.31. The molecule has 0 saturated heterocycles. The summed E-state index contributed by atoms with van der Waals surface area (Å²) in [7, 11) is 0. The van der Waals surface area contributed by atoms with E-state index in [2.05, 4.69) is 48.6 Å². The number of hydrogen-bond acceptors (Lipinski definition) is 6. The second-order valence-corrected chi connectivity index (χ2v) is 9.98. The first-order chi connectivity index (χ1) is 19.6. The van der Waals surface area contributed by atoms with Gasteiger partial charge in [-0.15, -0.1) is 5.10 Å². The highest BCUT2D eigenvalue weighted by molar-refractivity contribution is 5.79.